The van der Waals surface area contributed by atoms with Gasteiger partial charge in [0.1, 0.15) is 5.75 Å². The number of benzene rings is 1. The summed E-state index contributed by atoms with van der Waals surface area (Å²) in [5.41, 5.74) is 1.14. The van der Waals surface area contributed by atoms with Crippen LogP contribution in [-0.4, -0.2) is 42.5 Å². The molecule has 142 valence electrons. The highest BCUT2D eigenvalue weighted by Crippen LogP contribution is 2.25. The maximum atomic E-state index is 12.1. The van der Waals surface area contributed by atoms with Crippen LogP contribution in [0.25, 0.3) is 10.6 Å². The molecule has 0 saturated carbocycles. The molecule has 1 amide bonds. The van der Waals surface area contributed by atoms with Crippen molar-refractivity contribution in [1.82, 2.24) is 10.5 Å². The lowest BCUT2D eigenvalue weighted by atomic mass is 10.2. The number of rotatable bonds is 9. The van der Waals surface area contributed by atoms with Gasteiger partial charge in [-0.05, 0) is 29.1 Å². The van der Waals surface area contributed by atoms with Crippen molar-refractivity contribution in [2.24, 2.45) is 0 Å². The predicted octanol–water partition coefficient (Wildman–Crippen LogP) is 2.72. The monoisotopic (exact) mass is 388 g/mol. The molecule has 2 aromatic heterocycles. The maximum absolute atomic E-state index is 12.1. The molecular formula is C19H20N2O5S. The first-order chi connectivity index (χ1) is 13.2. The van der Waals surface area contributed by atoms with E-state index in [-0.39, 0.29) is 18.8 Å². The molecule has 0 spiro atoms. The molecule has 27 heavy (non-hydrogen) atoms. The lowest BCUT2D eigenvalue weighted by molar-refractivity contribution is 0.0284. The topological polar surface area (TPSA) is 93.8 Å². The maximum Gasteiger partial charge on any atom is 0.273 e. The fraction of sp³-hybridized carbons (Fsp3) is 0.263. The molecule has 0 bridgehead atoms. The van der Waals surface area contributed by atoms with Crippen molar-refractivity contribution in [2.75, 3.05) is 20.3 Å². The lowest BCUT2D eigenvalue weighted by Gasteiger charge is -2.12. The molecule has 0 saturated heterocycles. The summed E-state index contributed by atoms with van der Waals surface area (Å²) in [6.07, 6.45) is -0.823. The highest BCUT2D eigenvalue weighted by molar-refractivity contribution is 7.13. The van der Waals surface area contributed by atoms with Gasteiger partial charge in [-0.15, -0.1) is 11.3 Å². The number of aliphatic hydroxyl groups is 1. The Labute approximate surface area is 160 Å². The minimum absolute atomic E-state index is 0.0582. The number of carbonyl (C=O) groups is 1. The van der Waals surface area contributed by atoms with Gasteiger partial charge >= 0.3 is 0 Å². The Morgan fingerprint density at radius 1 is 1.33 bits per heavy atom. The molecule has 7 nitrogen and oxygen atoms in total. The van der Waals surface area contributed by atoms with E-state index in [0.29, 0.717) is 12.4 Å². The van der Waals surface area contributed by atoms with Gasteiger partial charge in [-0.1, -0.05) is 23.4 Å². The van der Waals surface area contributed by atoms with Crippen LogP contribution in [0.5, 0.6) is 5.75 Å². The van der Waals surface area contributed by atoms with Crippen LogP contribution in [0.4, 0.5) is 0 Å². The molecular weight excluding hydrogens is 368 g/mol. The third kappa shape index (κ3) is 5.40. The van der Waals surface area contributed by atoms with Crippen molar-refractivity contribution in [1.29, 1.82) is 0 Å². The quantitative estimate of drug-likeness (QED) is 0.585. The molecule has 3 rings (SSSR count). The van der Waals surface area contributed by atoms with Crippen LogP contribution >= 0.6 is 11.3 Å². The molecule has 1 aromatic carbocycles. The number of carbonyl (C=O) groups excluding carboxylic acids is 1. The average Bonchev–Trinajstić information content (AvgIpc) is 3.38. The summed E-state index contributed by atoms with van der Waals surface area (Å²) in [5, 5.41) is 18.3. The summed E-state index contributed by atoms with van der Waals surface area (Å²) in [6.45, 7) is 0.524. The van der Waals surface area contributed by atoms with Crippen LogP contribution in [0.3, 0.4) is 0 Å². The van der Waals surface area contributed by atoms with Crippen molar-refractivity contribution in [3.63, 3.8) is 0 Å². The number of hydrogen-bond acceptors (Lipinski definition) is 7. The minimum atomic E-state index is -0.823. The van der Waals surface area contributed by atoms with E-state index in [1.165, 1.54) is 11.3 Å². The molecule has 1 atom stereocenters. The van der Waals surface area contributed by atoms with Crippen molar-refractivity contribution in [3.05, 3.63) is 59.1 Å². The van der Waals surface area contributed by atoms with Crippen LogP contribution in [0.15, 0.2) is 52.4 Å². The first-order valence-corrected chi connectivity index (χ1v) is 9.21. The van der Waals surface area contributed by atoms with Gasteiger partial charge in [0.15, 0.2) is 11.5 Å². The van der Waals surface area contributed by atoms with E-state index in [1.54, 1.807) is 13.2 Å². The number of nitrogens with one attached hydrogen (secondary N) is 1. The Balaban J connectivity index is 1.39. The summed E-state index contributed by atoms with van der Waals surface area (Å²) in [4.78, 5) is 13.0. The number of aromatic nitrogens is 1. The standard InChI is InChI=1S/C19H20N2O5S/c1-24-15-6-4-13(5-7-15)11-25-12-14(22)10-20-19(23)16-9-17(26-21-16)18-3-2-8-27-18/h2-9,14,22H,10-12H2,1H3,(H,20,23). The number of aliphatic hydroxyl groups excluding tert-OH is 1. The fourth-order valence-electron chi connectivity index (χ4n) is 2.31. The molecule has 2 heterocycles. The first kappa shape index (κ1) is 19.1. The van der Waals surface area contributed by atoms with Gasteiger partial charge in [0, 0.05) is 12.6 Å². The average molecular weight is 388 g/mol. The van der Waals surface area contributed by atoms with Crippen LogP contribution in [0.1, 0.15) is 16.1 Å². The molecule has 0 radical (unpaired) electrons. The summed E-state index contributed by atoms with van der Waals surface area (Å²) < 4.78 is 15.7. The van der Waals surface area contributed by atoms with E-state index in [4.69, 9.17) is 14.0 Å². The molecule has 0 aliphatic heterocycles. The second-order valence-electron chi connectivity index (χ2n) is 5.78. The number of nitrogens with zero attached hydrogens (tertiary/aromatic N) is 1. The van der Waals surface area contributed by atoms with E-state index in [1.807, 2.05) is 41.8 Å². The van der Waals surface area contributed by atoms with Crippen LogP contribution in [-0.2, 0) is 11.3 Å². The van der Waals surface area contributed by atoms with E-state index in [2.05, 4.69) is 10.5 Å². The molecule has 0 aliphatic rings. The second kappa shape index (κ2) is 9.31. The van der Waals surface area contributed by atoms with E-state index < -0.39 is 12.0 Å². The Morgan fingerprint density at radius 2 is 2.15 bits per heavy atom. The Morgan fingerprint density at radius 3 is 2.85 bits per heavy atom. The number of methoxy groups -OCH3 is 1. The Hall–Kier alpha value is -2.68. The third-order valence-corrected chi connectivity index (χ3v) is 4.63. The summed E-state index contributed by atoms with van der Waals surface area (Å²) in [6, 6.07) is 12.8. The van der Waals surface area contributed by atoms with Gasteiger partial charge in [0.05, 0.1) is 31.3 Å². The van der Waals surface area contributed by atoms with Gasteiger partial charge in [-0.25, -0.2) is 0 Å². The Kier molecular flexibility index (Phi) is 6.59. The third-order valence-electron chi connectivity index (χ3n) is 3.74. The van der Waals surface area contributed by atoms with Gasteiger partial charge < -0.3 is 24.4 Å². The zero-order valence-electron chi connectivity index (χ0n) is 14.8. The number of amides is 1. The molecule has 3 aromatic rings. The minimum Gasteiger partial charge on any atom is -0.497 e. The van der Waals surface area contributed by atoms with Crippen molar-refractivity contribution >= 4 is 17.2 Å². The Bertz CT molecular complexity index is 845. The number of thiophene rings is 1. The SMILES string of the molecule is COc1ccc(COCC(O)CNC(=O)c2cc(-c3cccs3)on2)cc1. The highest BCUT2D eigenvalue weighted by atomic mass is 32.1. The normalized spacial score (nSPS) is 11.9. The van der Waals surface area contributed by atoms with Crippen LogP contribution in [0.2, 0.25) is 0 Å². The zero-order valence-corrected chi connectivity index (χ0v) is 15.6. The number of ether oxygens (including phenoxy) is 2. The molecule has 2 N–H and O–H groups in total. The van der Waals surface area contributed by atoms with E-state index in [0.717, 1.165) is 16.2 Å². The summed E-state index contributed by atoms with van der Waals surface area (Å²) in [7, 11) is 1.61. The molecule has 1 unspecified atom stereocenters. The number of hydrogen-bond donors (Lipinski definition) is 2. The first-order valence-electron chi connectivity index (χ1n) is 8.33. The fourth-order valence-corrected chi connectivity index (χ4v) is 2.98. The highest BCUT2D eigenvalue weighted by Gasteiger charge is 2.15. The van der Waals surface area contributed by atoms with Crippen molar-refractivity contribution < 1.29 is 23.9 Å². The van der Waals surface area contributed by atoms with Crippen LogP contribution in [0, 0.1) is 0 Å². The largest absolute Gasteiger partial charge is 0.497 e. The van der Waals surface area contributed by atoms with Crippen molar-refractivity contribution in [3.8, 4) is 16.4 Å². The summed E-state index contributed by atoms with van der Waals surface area (Å²) in [5.74, 6) is 0.908. The van der Waals surface area contributed by atoms with Gasteiger partial charge in [0.25, 0.3) is 5.91 Å². The van der Waals surface area contributed by atoms with Gasteiger partial charge in [0.2, 0.25) is 0 Å². The molecule has 0 fully saturated rings. The van der Waals surface area contributed by atoms with Crippen molar-refractivity contribution in [2.45, 2.75) is 12.7 Å². The molecule has 8 heteroatoms. The van der Waals surface area contributed by atoms with Crippen LogP contribution < -0.4 is 10.1 Å². The smallest absolute Gasteiger partial charge is 0.273 e. The van der Waals surface area contributed by atoms with Gasteiger partial charge in [-0.3, -0.25) is 4.79 Å². The lowest BCUT2D eigenvalue weighted by Crippen LogP contribution is -2.34. The summed E-state index contributed by atoms with van der Waals surface area (Å²) >= 11 is 1.50. The predicted molar refractivity (Wildman–Crippen MR) is 101 cm³/mol. The zero-order chi connectivity index (χ0) is 19.1. The van der Waals surface area contributed by atoms with E-state index >= 15 is 0 Å². The van der Waals surface area contributed by atoms with E-state index in [9.17, 15) is 9.90 Å². The van der Waals surface area contributed by atoms with Gasteiger partial charge in [-0.2, -0.15) is 0 Å². The second-order valence-corrected chi connectivity index (χ2v) is 6.73. The molecule has 0 aliphatic carbocycles.